The molecule has 0 N–H and O–H groups in total. The van der Waals surface area contributed by atoms with Gasteiger partial charge in [0.15, 0.2) is 0 Å². The molecule has 0 atom stereocenters. The van der Waals surface area contributed by atoms with Gasteiger partial charge in [0, 0.05) is 43.9 Å². The lowest BCUT2D eigenvalue weighted by molar-refractivity contribution is 0.0342. The number of ether oxygens (including phenoxy) is 2. The summed E-state index contributed by atoms with van der Waals surface area (Å²) in [6.07, 6.45) is 0. The lowest BCUT2D eigenvalue weighted by Crippen LogP contribution is -2.35. The number of nitrogens with zero attached hydrogens (tertiary/aromatic N) is 2. The average Bonchev–Trinajstić information content (AvgIpc) is 2.93. The largest absolute Gasteiger partial charge is 0.492 e. The van der Waals surface area contributed by atoms with Gasteiger partial charge in [-0.15, -0.1) is 0 Å². The fourth-order valence-electron chi connectivity index (χ4n) is 3.68. The van der Waals surface area contributed by atoms with Gasteiger partial charge >= 0.3 is 0 Å². The van der Waals surface area contributed by atoms with Crippen molar-refractivity contribution < 1.29 is 22.3 Å². The molecule has 29 heavy (non-hydrogen) atoms. The SMILES string of the molecule is O=S(=O)(Cc1ccccc1F)N1CCOc2ccc(CN3CCOCC3)cc2C1. The number of halogens is 1. The number of rotatable bonds is 5. The molecule has 0 unspecified atom stereocenters. The van der Waals surface area contributed by atoms with Crippen LogP contribution in [0, 0.1) is 5.82 Å². The predicted molar refractivity (Wildman–Crippen MR) is 107 cm³/mol. The third kappa shape index (κ3) is 4.95. The van der Waals surface area contributed by atoms with E-state index >= 15 is 0 Å². The van der Waals surface area contributed by atoms with E-state index in [1.807, 2.05) is 18.2 Å². The highest BCUT2D eigenvalue weighted by molar-refractivity contribution is 7.88. The monoisotopic (exact) mass is 420 g/mol. The Morgan fingerprint density at radius 2 is 1.79 bits per heavy atom. The van der Waals surface area contributed by atoms with E-state index in [4.69, 9.17) is 9.47 Å². The van der Waals surface area contributed by atoms with Crippen molar-refractivity contribution in [3.05, 3.63) is 65.0 Å². The molecule has 0 spiro atoms. The summed E-state index contributed by atoms with van der Waals surface area (Å²) >= 11 is 0. The van der Waals surface area contributed by atoms with Crippen LogP contribution in [-0.2, 0) is 33.6 Å². The Labute approximate surface area is 170 Å². The number of fused-ring (bicyclic) bond motifs is 1. The highest BCUT2D eigenvalue weighted by atomic mass is 32.2. The molecule has 2 aliphatic heterocycles. The zero-order chi connectivity index (χ0) is 20.3. The first-order valence-electron chi connectivity index (χ1n) is 9.77. The Morgan fingerprint density at radius 1 is 1.00 bits per heavy atom. The van der Waals surface area contributed by atoms with Gasteiger partial charge in [-0.25, -0.2) is 12.8 Å². The molecular formula is C21H25FN2O4S. The van der Waals surface area contributed by atoms with Gasteiger partial charge in [-0.1, -0.05) is 24.3 Å². The van der Waals surface area contributed by atoms with Gasteiger partial charge in [0.1, 0.15) is 18.2 Å². The maximum Gasteiger partial charge on any atom is 0.218 e. The molecule has 2 aromatic carbocycles. The second-order valence-corrected chi connectivity index (χ2v) is 9.33. The lowest BCUT2D eigenvalue weighted by Gasteiger charge is -2.27. The lowest BCUT2D eigenvalue weighted by atomic mass is 10.1. The normalized spacial score (nSPS) is 18.7. The van der Waals surface area contributed by atoms with Crippen LogP contribution in [0.15, 0.2) is 42.5 Å². The van der Waals surface area contributed by atoms with Crippen molar-refractivity contribution in [3.63, 3.8) is 0 Å². The van der Waals surface area contributed by atoms with E-state index in [9.17, 15) is 12.8 Å². The Kier molecular flexibility index (Phi) is 6.15. The summed E-state index contributed by atoms with van der Waals surface area (Å²) in [5.41, 5.74) is 2.13. The van der Waals surface area contributed by atoms with Crippen molar-refractivity contribution >= 4 is 10.0 Å². The molecule has 0 bridgehead atoms. The van der Waals surface area contributed by atoms with E-state index in [0.717, 1.165) is 44.0 Å². The molecule has 2 heterocycles. The zero-order valence-electron chi connectivity index (χ0n) is 16.2. The quantitative estimate of drug-likeness (QED) is 0.743. The molecule has 1 saturated heterocycles. The molecule has 2 aliphatic rings. The molecule has 1 fully saturated rings. The molecule has 8 heteroatoms. The van der Waals surface area contributed by atoms with Crippen molar-refractivity contribution in [1.82, 2.24) is 9.21 Å². The smallest absolute Gasteiger partial charge is 0.218 e. The molecule has 4 rings (SSSR count). The van der Waals surface area contributed by atoms with Crippen LogP contribution in [0.2, 0.25) is 0 Å². The van der Waals surface area contributed by atoms with Crippen LogP contribution < -0.4 is 4.74 Å². The van der Waals surface area contributed by atoms with Gasteiger partial charge in [-0.2, -0.15) is 4.31 Å². The molecule has 6 nitrogen and oxygen atoms in total. The van der Waals surface area contributed by atoms with Crippen molar-refractivity contribution in [3.8, 4) is 5.75 Å². The number of sulfonamides is 1. The maximum absolute atomic E-state index is 14.0. The van der Waals surface area contributed by atoms with Crippen LogP contribution in [0.4, 0.5) is 4.39 Å². The molecule has 156 valence electrons. The van der Waals surface area contributed by atoms with Crippen molar-refractivity contribution in [2.45, 2.75) is 18.8 Å². The van der Waals surface area contributed by atoms with E-state index in [2.05, 4.69) is 4.90 Å². The fraction of sp³-hybridized carbons (Fsp3) is 0.429. The minimum absolute atomic E-state index is 0.180. The maximum atomic E-state index is 14.0. The fourth-order valence-corrected chi connectivity index (χ4v) is 5.18. The third-order valence-corrected chi connectivity index (χ3v) is 7.04. The van der Waals surface area contributed by atoms with Gasteiger partial charge in [0.05, 0.1) is 19.0 Å². The van der Waals surface area contributed by atoms with E-state index in [1.54, 1.807) is 12.1 Å². The number of morpholine rings is 1. The summed E-state index contributed by atoms with van der Waals surface area (Å²) in [6.45, 7) is 4.76. The minimum atomic E-state index is -3.68. The summed E-state index contributed by atoms with van der Waals surface area (Å²) in [6, 6.07) is 11.9. The standard InChI is InChI=1S/C21H25FN2O4S/c22-20-4-2-1-3-18(20)16-29(25,26)24-9-12-28-21-6-5-17(13-19(21)15-24)14-23-7-10-27-11-8-23/h1-6,13H,7-12,14-16H2. The summed E-state index contributed by atoms with van der Waals surface area (Å²) in [7, 11) is -3.68. The highest BCUT2D eigenvalue weighted by Crippen LogP contribution is 2.27. The summed E-state index contributed by atoms with van der Waals surface area (Å²) < 4.78 is 52.4. The number of benzene rings is 2. The highest BCUT2D eigenvalue weighted by Gasteiger charge is 2.27. The first kappa shape index (κ1) is 20.3. The minimum Gasteiger partial charge on any atom is -0.492 e. The van der Waals surface area contributed by atoms with E-state index in [-0.39, 0.29) is 31.0 Å². The van der Waals surface area contributed by atoms with Crippen molar-refractivity contribution in [2.75, 3.05) is 39.5 Å². The first-order chi connectivity index (χ1) is 14.0. The van der Waals surface area contributed by atoms with Crippen LogP contribution in [0.3, 0.4) is 0 Å². The second-order valence-electron chi connectivity index (χ2n) is 7.36. The van der Waals surface area contributed by atoms with Gasteiger partial charge < -0.3 is 9.47 Å². The average molecular weight is 421 g/mol. The molecule has 0 saturated carbocycles. The van der Waals surface area contributed by atoms with Gasteiger partial charge in [0.25, 0.3) is 0 Å². The van der Waals surface area contributed by atoms with Crippen molar-refractivity contribution in [2.24, 2.45) is 0 Å². The van der Waals surface area contributed by atoms with Gasteiger partial charge in [-0.3, -0.25) is 4.90 Å². The Morgan fingerprint density at radius 3 is 2.59 bits per heavy atom. The van der Waals surface area contributed by atoms with Gasteiger partial charge in [0.2, 0.25) is 10.0 Å². The number of hydrogen-bond acceptors (Lipinski definition) is 5. The molecular weight excluding hydrogens is 395 g/mol. The predicted octanol–water partition coefficient (Wildman–Crippen LogP) is 2.38. The van der Waals surface area contributed by atoms with Crippen LogP contribution >= 0.6 is 0 Å². The van der Waals surface area contributed by atoms with Crippen molar-refractivity contribution in [1.29, 1.82) is 0 Å². The van der Waals surface area contributed by atoms with E-state index in [1.165, 1.54) is 16.4 Å². The summed E-state index contributed by atoms with van der Waals surface area (Å²) in [5.74, 6) is -0.155. The topological polar surface area (TPSA) is 59.1 Å². The van der Waals surface area contributed by atoms with Crippen LogP contribution in [0.1, 0.15) is 16.7 Å². The first-order valence-corrected chi connectivity index (χ1v) is 11.4. The molecule has 2 aromatic rings. The second kappa shape index (κ2) is 8.79. The Bertz CT molecular complexity index is 961. The molecule has 0 radical (unpaired) electrons. The van der Waals surface area contributed by atoms with E-state index < -0.39 is 15.8 Å². The summed E-state index contributed by atoms with van der Waals surface area (Å²) in [4.78, 5) is 2.31. The van der Waals surface area contributed by atoms with E-state index in [0.29, 0.717) is 5.75 Å². The number of hydrogen-bond donors (Lipinski definition) is 0. The molecule has 0 amide bonds. The Balaban J connectivity index is 1.52. The summed E-state index contributed by atoms with van der Waals surface area (Å²) in [5, 5.41) is 0. The van der Waals surface area contributed by atoms with Crippen LogP contribution in [0.5, 0.6) is 5.75 Å². The van der Waals surface area contributed by atoms with Crippen LogP contribution in [-0.4, -0.2) is 57.1 Å². The van der Waals surface area contributed by atoms with Crippen LogP contribution in [0.25, 0.3) is 0 Å². The Hall–Kier alpha value is -2.00. The van der Waals surface area contributed by atoms with Gasteiger partial charge in [-0.05, 0) is 23.8 Å². The molecule has 0 aliphatic carbocycles. The molecule has 0 aromatic heterocycles. The zero-order valence-corrected chi connectivity index (χ0v) is 17.0. The third-order valence-electron chi connectivity index (χ3n) is 5.27.